The molecule has 0 bridgehead atoms. The van der Waals surface area contributed by atoms with Gasteiger partial charge in [0.2, 0.25) is 5.91 Å². The number of hydrogen-bond donors (Lipinski definition) is 2. The molecule has 2 rings (SSSR count). The van der Waals surface area contributed by atoms with E-state index < -0.39 is 30.1 Å². The average molecular weight is 417 g/mol. The Bertz CT molecular complexity index is 870. The van der Waals surface area contributed by atoms with Crippen LogP contribution in [0.4, 0.5) is 18.9 Å². The summed E-state index contributed by atoms with van der Waals surface area (Å²) in [5.74, 6) is -0.674. The summed E-state index contributed by atoms with van der Waals surface area (Å²) >= 11 is 5.98. The molecule has 2 aromatic rings. The molecule has 0 atom stereocenters. The maximum atomic E-state index is 12.5. The van der Waals surface area contributed by atoms with Crippen molar-refractivity contribution in [2.75, 3.05) is 26.1 Å². The maximum Gasteiger partial charge on any atom is 0.416 e. The summed E-state index contributed by atoms with van der Waals surface area (Å²) < 4.78 is 47.8. The Balaban J connectivity index is 2.00. The first kappa shape index (κ1) is 21.4. The van der Waals surface area contributed by atoms with Crippen LogP contribution in [0, 0.1) is 0 Å². The Morgan fingerprint density at radius 2 is 1.64 bits per heavy atom. The predicted molar refractivity (Wildman–Crippen MR) is 97.0 cm³/mol. The van der Waals surface area contributed by atoms with Gasteiger partial charge in [-0.2, -0.15) is 13.2 Å². The molecule has 6 nitrogen and oxygen atoms in total. The second-order valence-corrected chi connectivity index (χ2v) is 5.90. The van der Waals surface area contributed by atoms with Gasteiger partial charge in [0.15, 0.2) is 0 Å². The summed E-state index contributed by atoms with van der Waals surface area (Å²) in [4.78, 5) is 24.1. The number of ether oxygens (including phenoxy) is 2. The minimum Gasteiger partial charge on any atom is -0.495 e. The molecule has 10 heteroatoms. The van der Waals surface area contributed by atoms with E-state index in [-0.39, 0.29) is 22.0 Å². The van der Waals surface area contributed by atoms with E-state index in [0.717, 1.165) is 24.3 Å². The zero-order chi connectivity index (χ0) is 20.9. The number of benzene rings is 2. The van der Waals surface area contributed by atoms with Crippen molar-refractivity contribution in [2.45, 2.75) is 6.18 Å². The van der Waals surface area contributed by atoms with Crippen LogP contribution in [0.1, 0.15) is 15.9 Å². The molecule has 0 aromatic heterocycles. The van der Waals surface area contributed by atoms with Crippen molar-refractivity contribution in [1.82, 2.24) is 5.32 Å². The van der Waals surface area contributed by atoms with Gasteiger partial charge in [-0.1, -0.05) is 11.6 Å². The molecule has 2 amide bonds. The topological polar surface area (TPSA) is 76.7 Å². The third kappa shape index (κ3) is 5.29. The largest absolute Gasteiger partial charge is 0.495 e. The number of carbonyl (C=O) groups is 2. The lowest BCUT2D eigenvalue weighted by atomic mass is 10.1. The van der Waals surface area contributed by atoms with Crippen LogP contribution in [0.5, 0.6) is 11.5 Å². The Morgan fingerprint density at radius 3 is 2.18 bits per heavy atom. The third-order valence-corrected chi connectivity index (χ3v) is 3.93. The fourth-order valence-electron chi connectivity index (χ4n) is 2.23. The van der Waals surface area contributed by atoms with Crippen molar-refractivity contribution in [3.05, 3.63) is 52.5 Å². The van der Waals surface area contributed by atoms with Crippen LogP contribution < -0.4 is 20.1 Å². The van der Waals surface area contributed by atoms with Gasteiger partial charge in [0.25, 0.3) is 5.91 Å². The number of methoxy groups -OCH3 is 2. The molecule has 2 N–H and O–H groups in total. The highest BCUT2D eigenvalue weighted by atomic mass is 35.5. The molecule has 28 heavy (non-hydrogen) atoms. The number of carbonyl (C=O) groups excluding carboxylic acids is 2. The molecule has 0 aliphatic carbocycles. The van der Waals surface area contributed by atoms with Crippen LogP contribution in [-0.4, -0.2) is 32.6 Å². The summed E-state index contributed by atoms with van der Waals surface area (Å²) in [6.07, 6.45) is -4.49. The van der Waals surface area contributed by atoms with E-state index in [1.165, 1.54) is 26.4 Å². The van der Waals surface area contributed by atoms with Crippen LogP contribution in [0.2, 0.25) is 5.02 Å². The smallest absolute Gasteiger partial charge is 0.416 e. The van der Waals surface area contributed by atoms with E-state index in [1.54, 1.807) is 0 Å². The predicted octanol–water partition coefficient (Wildman–Crippen LogP) is 3.74. The van der Waals surface area contributed by atoms with E-state index in [2.05, 4.69) is 10.6 Å². The van der Waals surface area contributed by atoms with Crippen molar-refractivity contribution in [3.63, 3.8) is 0 Å². The SMILES string of the molecule is COc1cc(NC(=O)CNC(=O)c2ccc(C(F)(F)F)cc2)c(OC)cc1Cl. The van der Waals surface area contributed by atoms with Crippen molar-refractivity contribution in [2.24, 2.45) is 0 Å². The first-order valence-corrected chi connectivity index (χ1v) is 8.20. The zero-order valence-electron chi connectivity index (χ0n) is 14.8. The molecule has 0 aliphatic heterocycles. The van der Waals surface area contributed by atoms with Gasteiger partial charge >= 0.3 is 6.18 Å². The minimum atomic E-state index is -4.49. The quantitative estimate of drug-likeness (QED) is 0.752. The monoisotopic (exact) mass is 416 g/mol. The summed E-state index contributed by atoms with van der Waals surface area (Å²) in [5.41, 5.74) is -0.602. The average Bonchev–Trinajstić information content (AvgIpc) is 2.66. The van der Waals surface area contributed by atoms with Gasteiger partial charge in [-0.05, 0) is 24.3 Å². The van der Waals surface area contributed by atoms with Crippen molar-refractivity contribution >= 4 is 29.1 Å². The molecular weight excluding hydrogens is 401 g/mol. The van der Waals surface area contributed by atoms with Gasteiger partial charge < -0.3 is 20.1 Å². The number of halogens is 4. The highest BCUT2D eigenvalue weighted by Gasteiger charge is 2.30. The number of anilines is 1. The van der Waals surface area contributed by atoms with Crippen LogP contribution >= 0.6 is 11.6 Å². The lowest BCUT2D eigenvalue weighted by Gasteiger charge is -2.13. The number of amides is 2. The maximum absolute atomic E-state index is 12.5. The number of hydrogen-bond acceptors (Lipinski definition) is 4. The fraction of sp³-hybridized carbons (Fsp3) is 0.222. The highest BCUT2D eigenvalue weighted by Crippen LogP contribution is 2.35. The molecule has 0 fully saturated rings. The van der Waals surface area contributed by atoms with Crippen LogP contribution in [-0.2, 0) is 11.0 Å². The minimum absolute atomic E-state index is 0.00783. The van der Waals surface area contributed by atoms with E-state index in [0.29, 0.717) is 5.75 Å². The lowest BCUT2D eigenvalue weighted by molar-refractivity contribution is -0.137. The van der Waals surface area contributed by atoms with Gasteiger partial charge in [-0.15, -0.1) is 0 Å². The second kappa shape index (κ2) is 8.83. The molecule has 0 aliphatic rings. The van der Waals surface area contributed by atoms with Crippen molar-refractivity contribution in [1.29, 1.82) is 0 Å². The molecule has 2 aromatic carbocycles. The number of rotatable bonds is 6. The van der Waals surface area contributed by atoms with Gasteiger partial charge in [0, 0.05) is 17.7 Å². The van der Waals surface area contributed by atoms with Gasteiger partial charge in [0.1, 0.15) is 11.5 Å². The van der Waals surface area contributed by atoms with Gasteiger partial charge in [-0.25, -0.2) is 0 Å². The molecule has 0 saturated carbocycles. The van der Waals surface area contributed by atoms with Gasteiger partial charge in [-0.3, -0.25) is 9.59 Å². The molecule has 0 radical (unpaired) electrons. The Morgan fingerprint density at radius 1 is 1.04 bits per heavy atom. The van der Waals surface area contributed by atoms with Crippen LogP contribution in [0.15, 0.2) is 36.4 Å². The van der Waals surface area contributed by atoms with E-state index in [9.17, 15) is 22.8 Å². The summed E-state index contributed by atoms with van der Waals surface area (Å²) in [6, 6.07) is 6.56. The van der Waals surface area contributed by atoms with Gasteiger partial charge in [0.05, 0.1) is 37.0 Å². The second-order valence-electron chi connectivity index (χ2n) is 5.49. The van der Waals surface area contributed by atoms with Crippen molar-refractivity contribution < 1.29 is 32.2 Å². The summed E-state index contributed by atoms with van der Waals surface area (Å²) in [6.45, 7) is -0.409. The zero-order valence-corrected chi connectivity index (χ0v) is 15.6. The third-order valence-electron chi connectivity index (χ3n) is 3.63. The summed E-state index contributed by atoms with van der Waals surface area (Å²) in [7, 11) is 2.80. The van der Waals surface area contributed by atoms with Crippen molar-refractivity contribution in [3.8, 4) is 11.5 Å². The van der Waals surface area contributed by atoms with E-state index in [4.69, 9.17) is 21.1 Å². The highest BCUT2D eigenvalue weighted by molar-refractivity contribution is 6.32. The first-order valence-electron chi connectivity index (χ1n) is 7.82. The standard InChI is InChI=1S/C18H16ClF3N2O4/c1-27-14-8-13(15(28-2)7-12(14)19)24-16(25)9-23-17(26)10-3-5-11(6-4-10)18(20,21)22/h3-8H,9H2,1-2H3,(H,23,26)(H,24,25). The Kier molecular flexibility index (Phi) is 6.74. The molecule has 0 unspecified atom stereocenters. The molecule has 0 saturated heterocycles. The molecule has 150 valence electrons. The summed E-state index contributed by atoms with van der Waals surface area (Å²) in [5, 5.41) is 5.14. The Labute approximate surface area is 163 Å². The van der Waals surface area contributed by atoms with Crippen LogP contribution in [0.25, 0.3) is 0 Å². The van der Waals surface area contributed by atoms with E-state index in [1.807, 2.05) is 0 Å². The lowest BCUT2D eigenvalue weighted by Crippen LogP contribution is -2.33. The molecule has 0 spiro atoms. The first-order chi connectivity index (χ1) is 13.2. The number of nitrogens with one attached hydrogen (secondary N) is 2. The van der Waals surface area contributed by atoms with E-state index >= 15 is 0 Å². The molecule has 0 heterocycles. The normalized spacial score (nSPS) is 10.9. The Hall–Kier alpha value is -2.94. The number of alkyl halides is 3. The molecular formula is C18H16ClF3N2O4. The fourth-order valence-corrected chi connectivity index (χ4v) is 2.46. The van der Waals surface area contributed by atoms with Crippen LogP contribution in [0.3, 0.4) is 0 Å².